The average molecular weight is 407 g/mol. The molecule has 0 radical (unpaired) electrons. The molecule has 10 heteroatoms. The number of anilines is 2. The highest BCUT2D eigenvalue weighted by Crippen LogP contribution is 2.23. The fraction of sp³-hybridized carbons (Fsp3) is 0.200. The molecule has 2 aromatic carbocycles. The Hall–Kier alpha value is -3.95. The minimum Gasteiger partial charge on any atom is -0.318 e. The molecule has 30 heavy (non-hydrogen) atoms. The lowest BCUT2D eigenvalue weighted by Crippen LogP contribution is -2.36. The van der Waals surface area contributed by atoms with E-state index in [2.05, 4.69) is 25.9 Å². The number of hydrogen-bond acceptors (Lipinski definition) is 6. The fourth-order valence-corrected chi connectivity index (χ4v) is 3.08. The molecule has 0 fully saturated rings. The smallest absolute Gasteiger partial charge is 0.271 e. The number of hydrogen-bond donors (Lipinski definition) is 1. The van der Waals surface area contributed by atoms with Crippen molar-refractivity contribution in [3.05, 3.63) is 59.7 Å². The van der Waals surface area contributed by atoms with E-state index in [9.17, 15) is 14.0 Å². The largest absolute Gasteiger partial charge is 0.318 e. The van der Waals surface area contributed by atoms with Gasteiger partial charge in [0.1, 0.15) is 11.5 Å². The summed E-state index contributed by atoms with van der Waals surface area (Å²) in [5.74, 6) is -0.882. The van der Waals surface area contributed by atoms with Gasteiger partial charge in [0.2, 0.25) is 5.91 Å². The van der Waals surface area contributed by atoms with Crippen LogP contribution in [0.25, 0.3) is 5.69 Å². The highest BCUT2D eigenvalue weighted by molar-refractivity contribution is 6.44. The topological polar surface area (TPSA) is 105 Å². The van der Waals surface area contributed by atoms with Gasteiger partial charge in [-0.2, -0.15) is 9.78 Å². The van der Waals surface area contributed by atoms with E-state index in [-0.39, 0.29) is 30.1 Å². The quantitative estimate of drug-likeness (QED) is 0.716. The molecule has 1 aliphatic rings. The van der Waals surface area contributed by atoms with E-state index < -0.39 is 11.7 Å². The summed E-state index contributed by atoms with van der Waals surface area (Å²) in [5.41, 5.74) is 2.14. The van der Waals surface area contributed by atoms with Crippen molar-refractivity contribution >= 4 is 28.9 Å². The van der Waals surface area contributed by atoms with Crippen LogP contribution in [0, 0.1) is 19.7 Å². The molecule has 9 nitrogen and oxygen atoms in total. The molecule has 4 rings (SSSR count). The molecule has 0 bridgehead atoms. The van der Waals surface area contributed by atoms with E-state index in [0.717, 1.165) is 5.56 Å². The molecule has 0 atom stereocenters. The van der Waals surface area contributed by atoms with Gasteiger partial charge in [0.05, 0.1) is 17.1 Å². The SMILES string of the molecule is Cc1cccc(N2N=C(C(=O)Nc3cc(-n4nnnc4C)ccc3F)CCC2=O)c1. The summed E-state index contributed by atoms with van der Waals surface area (Å²) in [4.78, 5) is 25.0. The van der Waals surface area contributed by atoms with Crippen LogP contribution in [0.4, 0.5) is 15.8 Å². The van der Waals surface area contributed by atoms with Gasteiger partial charge in [-0.1, -0.05) is 12.1 Å². The van der Waals surface area contributed by atoms with E-state index in [4.69, 9.17) is 0 Å². The second-order valence-corrected chi connectivity index (χ2v) is 6.85. The van der Waals surface area contributed by atoms with Crippen molar-refractivity contribution in [2.75, 3.05) is 10.3 Å². The number of tetrazole rings is 1. The maximum Gasteiger partial charge on any atom is 0.271 e. The van der Waals surface area contributed by atoms with Gasteiger partial charge in [-0.25, -0.2) is 9.40 Å². The summed E-state index contributed by atoms with van der Waals surface area (Å²) in [5, 5.41) is 19.2. The van der Waals surface area contributed by atoms with Crippen LogP contribution in [0.3, 0.4) is 0 Å². The first-order valence-electron chi connectivity index (χ1n) is 9.26. The van der Waals surface area contributed by atoms with E-state index in [0.29, 0.717) is 17.2 Å². The van der Waals surface area contributed by atoms with Crippen molar-refractivity contribution < 1.29 is 14.0 Å². The molecule has 0 saturated carbocycles. The molecule has 1 N–H and O–H groups in total. The van der Waals surface area contributed by atoms with Crippen LogP contribution in [0.1, 0.15) is 24.2 Å². The summed E-state index contributed by atoms with van der Waals surface area (Å²) in [6.45, 7) is 3.60. The number of rotatable bonds is 4. The van der Waals surface area contributed by atoms with Crippen molar-refractivity contribution in [1.29, 1.82) is 0 Å². The van der Waals surface area contributed by atoms with E-state index in [1.54, 1.807) is 19.1 Å². The van der Waals surface area contributed by atoms with Crippen molar-refractivity contribution in [2.45, 2.75) is 26.7 Å². The van der Waals surface area contributed by atoms with Crippen molar-refractivity contribution in [1.82, 2.24) is 20.2 Å². The number of halogens is 1. The second kappa shape index (κ2) is 7.82. The summed E-state index contributed by atoms with van der Waals surface area (Å²) in [6.07, 6.45) is 0.299. The molecule has 2 heterocycles. The Kier molecular flexibility index (Phi) is 5.05. The van der Waals surface area contributed by atoms with Crippen LogP contribution in [0.15, 0.2) is 47.6 Å². The lowest BCUT2D eigenvalue weighted by molar-refractivity contribution is -0.118. The van der Waals surface area contributed by atoms with Crippen LogP contribution in [-0.4, -0.2) is 37.7 Å². The summed E-state index contributed by atoms with van der Waals surface area (Å²) >= 11 is 0. The Balaban J connectivity index is 1.60. The first-order chi connectivity index (χ1) is 14.4. The third-order valence-corrected chi connectivity index (χ3v) is 4.61. The molecular weight excluding hydrogens is 389 g/mol. The number of carbonyl (C=O) groups excluding carboxylic acids is 2. The van der Waals surface area contributed by atoms with Crippen LogP contribution in [0.2, 0.25) is 0 Å². The summed E-state index contributed by atoms with van der Waals surface area (Å²) in [6, 6.07) is 11.4. The van der Waals surface area contributed by atoms with Crippen LogP contribution >= 0.6 is 0 Å². The minimum absolute atomic E-state index is 0.0332. The van der Waals surface area contributed by atoms with Gasteiger partial charge in [0.25, 0.3) is 5.91 Å². The molecule has 0 unspecified atom stereocenters. The second-order valence-electron chi connectivity index (χ2n) is 6.85. The van der Waals surface area contributed by atoms with E-state index >= 15 is 0 Å². The summed E-state index contributed by atoms with van der Waals surface area (Å²) in [7, 11) is 0. The molecule has 0 spiro atoms. The fourth-order valence-electron chi connectivity index (χ4n) is 3.08. The lowest BCUT2D eigenvalue weighted by atomic mass is 10.1. The van der Waals surface area contributed by atoms with E-state index in [1.807, 2.05) is 19.1 Å². The first-order valence-corrected chi connectivity index (χ1v) is 9.26. The Morgan fingerprint density at radius 1 is 1.10 bits per heavy atom. The third-order valence-electron chi connectivity index (χ3n) is 4.61. The Morgan fingerprint density at radius 2 is 1.93 bits per heavy atom. The Morgan fingerprint density at radius 3 is 2.67 bits per heavy atom. The predicted molar refractivity (Wildman–Crippen MR) is 108 cm³/mol. The zero-order valence-corrected chi connectivity index (χ0v) is 16.3. The predicted octanol–water partition coefficient (Wildman–Crippen LogP) is 2.54. The first kappa shape index (κ1) is 19.4. The maximum atomic E-state index is 14.3. The van der Waals surface area contributed by atoms with Crippen molar-refractivity contribution in [3.63, 3.8) is 0 Å². The third kappa shape index (κ3) is 3.79. The average Bonchev–Trinajstić information content (AvgIpc) is 3.16. The van der Waals surface area contributed by atoms with Crippen LogP contribution in [-0.2, 0) is 9.59 Å². The highest BCUT2D eigenvalue weighted by atomic mass is 19.1. The number of nitrogens with one attached hydrogen (secondary N) is 1. The number of benzene rings is 2. The highest BCUT2D eigenvalue weighted by Gasteiger charge is 2.26. The molecule has 0 saturated heterocycles. The molecular formula is C20H18FN7O2. The van der Waals surface area contributed by atoms with Crippen molar-refractivity contribution in [3.8, 4) is 5.69 Å². The summed E-state index contributed by atoms with van der Waals surface area (Å²) < 4.78 is 15.7. The Bertz CT molecular complexity index is 1170. The number of nitrogens with zero attached hydrogens (tertiary/aromatic N) is 6. The zero-order chi connectivity index (χ0) is 21.3. The molecule has 1 aromatic heterocycles. The Labute approximate surface area is 171 Å². The van der Waals surface area contributed by atoms with Gasteiger partial charge in [0, 0.05) is 12.8 Å². The number of carbonyl (C=O) groups is 2. The molecule has 1 aliphatic heterocycles. The van der Waals surface area contributed by atoms with Crippen molar-refractivity contribution in [2.24, 2.45) is 5.10 Å². The zero-order valence-electron chi connectivity index (χ0n) is 16.3. The maximum absolute atomic E-state index is 14.3. The van der Waals surface area contributed by atoms with Gasteiger partial charge in [-0.3, -0.25) is 9.59 Å². The van der Waals surface area contributed by atoms with E-state index in [1.165, 1.54) is 27.9 Å². The van der Waals surface area contributed by atoms with Crippen LogP contribution in [0.5, 0.6) is 0 Å². The van der Waals surface area contributed by atoms with Gasteiger partial charge in [0.15, 0.2) is 5.82 Å². The van der Waals surface area contributed by atoms with Gasteiger partial charge < -0.3 is 5.32 Å². The molecule has 152 valence electrons. The number of aryl methyl sites for hydroxylation is 2. The minimum atomic E-state index is -0.610. The van der Waals surface area contributed by atoms with Crippen LogP contribution < -0.4 is 10.3 Å². The standard InChI is InChI=1S/C20H18FN7O2/c1-12-4-3-5-14(10-12)28-19(29)9-8-17(24-28)20(30)22-18-11-15(6-7-16(18)21)27-13(2)23-25-26-27/h3-7,10-11H,8-9H2,1-2H3,(H,22,30). The number of amides is 2. The van der Waals surface area contributed by atoms with Gasteiger partial charge in [-0.15, -0.1) is 5.10 Å². The molecule has 0 aliphatic carbocycles. The van der Waals surface area contributed by atoms with Gasteiger partial charge >= 0.3 is 0 Å². The normalized spacial score (nSPS) is 13.9. The van der Waals surface area contributed by atoms with Gasteiger partial charge in [-0.05, 0) is 60.2 Å². The molecule has 2 amide bonds. The number of hydrazone groups is 1. The number of aromatic nitrogens is 4. The lowest BCUT2D eigenvalue weighted by Gasteiger charge is -2.23. The monoisotopic (exact) mass is 407 g/mol. The molecule has 3 aromatic rings.